The fourth-order valence-electron chi connectivity index (χ4n) is 2.81. The van der Waals surface area contributed by atoms with E-state index in [-0.39, 0.29) is 0 Å². The summed E-state index contributed by atoms with van der Waals surface area (Å²) in [6.07, 6.45) is 3.88. The lowest BCUT2D eigenvalue weighted by atomic mass is 10.1. The summed E-state index contributed by atoms with van der Waals surface area (Å²) in [5, 5.41) is 4.46. The molecule has 1 saturated carbocycles. The molecule has 1 aliphatic carbocycles. The molecule has 1 aromatic carbocycles. The molecule has 2 aliphatic rings. The molecule has 1 N–H and O–H groups in total. The van der Waals surface area contributed by atoms with E-state index in [1.165, 1.54) is 36.3 Å². The van der Waals surface area contributed by atoms with E-state index in [2.05, 4.69) is 48.0 Å². The van der Waals surface area contributed by atoms with Crippen LogP contribution in [0.15, 0.2) is 18.2 Å². The molecule has 21 heavy (non-hydrogen) atoms. The van der Waals surface area contributed by atoms with Gasteiger partial charge in [-0.1, -0.05) is 25.4 Å². The van der Waals surface area contributed by atoms with Crippen molar-refractivity contribution in [2.45, 2.75) is 50.4 Å². The van der Waals surface area contributed by atoms with Gasteiger partial charge in [0.1, 0.15) is 0 Å². The molecule has 1 aromatic rings. The second kappa shape index (κ2) is 6.39. The van der Waals surface area contributed by atoms with Crippen LogP contribution in [-0.4, -0.2) is 29.6 Å². The van der Waals surface area contributed by atoms with Crippen LogP contribution in [0.25, 0.3) is 0 Å². The molecule has 4 heteroatoms. The van der Waals surface area contributed by atoms with Crippen molar-refractivity contribution in [3.05, 3.63) is 28.8 Å². The van der Waals surface area contributed by atoms with Crippen molar-refractivity contribution in [1.29, 1.82) is 0 Å². The van der Waals surface area contributed by atoms with E-state index in [1.54, 1.807) is 0 Å². The zero-order valence-corrected chi connectivity index (χ0v) is 14.6. The highest BCUT2D eigenvalue weighted by Gasteiger charge is 2.25. The molecule has 1 saturated heterocycles. The van der Waals surface area contributed by atoms with Crippen molar-refractivity contribution >= 4 is 29.1 Å². The van der Waals surface area contributed by atoms with Crippen LogP contribution >= 0.6 is 23.4 Å². The first-order valence-corrected chi connectivity index (χ1v) is 9.31. The molecule has 3 rings (SSSR count). The lowest BCUT2D eigenvalue weighted by Gasteiger charge is -2.26. The Labute approximate surface area is 137 Å². The Morgan fingerprint density at radius 2 is 2.14 bits per heavy atom. The number of nitrogens with one attached hydrogen (secondary N) is 1. The highest BCUT2D eigenvalue weighted by atomic mass is 35.5. The fraction of sp³-hybridized carbons (Fsp3) is 0.647. The average Bonchev–Trinajstić information content (AvgIpc) is 3.25. The summed E-state index contributed by atoms with van der Waals surface area (Å²) in [5.74, 6) is 1.20. The topological polar surface area (TPSA) is 15.3 Å². The quantitative estimate of drug-likeness (QED) is 0.888. The molecule has 0 spiro atoms. The van der Waals surface area contributed by atoms with Crippen LogP contribution in [0.3, 0.4) is 0 Å². The smallest absolute Gasteiger partial charge is 0.0413 e. The van der Waals surface area contributed by atoms with Gasteiger partial charge in [0, 0.05) is 46.9 Å². The van der Waals surface area contributed by atoms with Crippen molar-refractivity contribution in [3.8, 4) is 0 Å². The molecule has 1 aliphatic heterocycles. The van der Waals surface area contributed by atoms with Crippen LogP contribution in [-0.2, 0) is 6.54 Å². The van der Waals surface area contributed by atoms with Crippen LogP contribution < -0.4 is 10.2 Å². The molecule has 2 nitrogen and oxygen atoms in total. The Balaban J connectivity index is 1.76. The van der Waals surface area contributed by atoms with Crippen molar-refractivity contribution in [2.75, 3.05) is 23.7 Å². The summed E-state index contributed by atoms with van der Waals surface area (Å²) in [4.78, 5) is 2.54. The largest absolute Gasteiger partial charge is 0.370 e. The van der Waals surface area contributed by atoms with Crippen LogP contribution in [0.4, 0.5) is 5.69 Å². The van der Waals surface area contributed by atoms with E-state index < -0.39 is 0 Å². The van der Waals surface area contributed by atoms with E-state index >= 15 is 0 Å². The molecule has 116 valence electrons. The lowest BCUT2D eigenvalue weighted by molar-refractivity contribution is 0.633. The summed E-state index contributed by atoms with van der Waals surface area (Å²) in [7, 11) is 0. The first-order chi connectivity index (χ1) is 10.0. The summed E-state index contributed by atoms with van der Waals surface area (Å²) in [6, 6.07) is 7.10. The third kappa shape index (κ3) is 4.30. The molecular weight excluding hydrogens is 300 g/mol. The molecule has 0 amide bonds. The minimum atomic E-state index is 0.396. The van der Waals surface area contributed by atoms with Gasteiger partial charge in [-0.2, -0.15) is 11.8 Å². The van der Waals surface area contributed by atoms with Gasteiger partial charge < -0.3 is 10.2 Å². The molecule has 0 unspecified atom stereocenters. The van der Waals surface area contributed by atoms with Gasteiger partial charge in [0.05, 0.1) is 0 Å². The monoisotopic (exact) mass is 324 g/mol. The predicted octanol–water partition coefficient (Wildman–Crippen LogP) is 4.31. The van der Waals surface area contributed by atoms with E-state index in [4.69, 9.17) is 11.6 Å². The first-order valence-electron chi connectivity index (χ1n) is 7.94. The highest BCUT2D eigenvalue weighted by molar-refractivity contribution is 8.00. The second-order valence-electron chi connectivity index (χ2n) is 6.77. The molecule has 1 heterocycles. The second-order valence-corrected chi connectivity index (χ2v) is 9.01. The van der Waals surface area contributed by atoms with Crippen molar-refractivity contribution in [1.82, 2.24) is 5.32 Å². The zero-order valence-electron chi connectivity index (χ0n) is 13.0. The van der Waals surface area contributed by atoms with Crippen LogP contribution in [0.1, 0.15) is 38.7 Å². The van der Waals surface area contributed by atoms with Gasteiger partial charge in [0.15, 0.2) is 0 Å². The fourth-order valence-corrected chi connectivity index (χ4v) is 4.10. The van der Waals surface area contributed by atoms with Gasteiger partial charge in [0.25, 0.3) is 0 Å². The van der Waals surface area contributed by atoms with E-state index in [9.17, 15) is 0 Å². The summed E-state index contributed by atoms with van der Waals surface area (Å²) >= 11 is 8.31. The minimum absolute atomic E-state index is 0.396. The third-order valence-electron chi connectivity index (χ3n) is 4.38. The van der Waals surface area contributed by atoms with Crippen LogP contribution in [0.5, 0.6) is 0 Å². The Bertz CT molecular complexity index is 500. The van der Waals surface area contributed by atoms with Gasteiger partial charge in [-0.25, -0.2) is 0 Å². The molecule has 2 fully saturated rings. The van der Waals surface area contributed by atoms with Gasteiger partial charge in [-0.3, -0.25) is 0 Å². The Morgan fingerprint density at radius 3 is 2.90 bits per heavy atom. The average molecular weight is 325 g/mol. The van der Waals surface area contributed by atoms with Gasteiger partial charge in [0.2, 0.25) is 0 Å². The van der Waals surface area contributed by atoms with Gasteiger partial charge in [-0.05, 0) is 43.0 Å². The number of hydrogen-bond acceptors (Lipinski definition) is 3. The van der Waals surface area contributed by atoms with Crippen molar-refractivity contribution in [3.63, 3.8) is 0 Å². The maximum Gasteiger partial charge on any atom is 0.0413 e. The normalized spacial score (nSPS) is 22.1. The number of thioether (sulfide) groups is 1. The Morgan fingerprint density at radius 1 is 1.33 bits per heavy atom. The van der Waals surface area contributed by atoms with E-state index in [0.29, 0.717) is 4.75 Å². The number of benzene rings is 1. The molecule has 0 aromatic heterocycles. The molecule has 0 radical (unpaired) electrons. The third-order valence-corrected chi connectivity index (χ3v) is 5.99. The van der Waals surface area contributed by atoms with Crippen molar-refractivity contribution < 1.29 is 0 Å². The van der Waals surface area contributed by atoms with Gasteiger partial charge >= 0.3 is 0 Å². The summed E-state index contributed by atoms with van der Waals surface area (Å²) < 4.78 is 0.396. The first kappa shape index (κ1) is 15.5. The number of halogens is 1. The number of nitrogens with zero attached hydrogens (tertiary/aromatic N) is 1. The van der Waals surface area contributed by atoms with Crippen molar-refractivity contribution in [2.24, 2.45) is 0 Å². The maximum atomic E-state index is 6.21. The number of rotatable bonds is 4. The summed E-state index contributed by atoms with van der Waals surface area (Å²) in [5.41, 5.74) is 2.71. The molecule has 0 bridgehead atoms. The maximum absolute atomic E-state index is 6.21. The number of hydrogen-bond donors (Lipinski definition) is 1. The standard InChI is InChI=1S/C17H25ClN2S/c1-17(2)7-8-20(9-10-21-17)16-6-3-14(18)11-13(16)12-19-15-4-5-15/h3,6,11,15,19H,4-5,7-10,12H2,1-2H3. The van der Waals surface area contributed by atoms with Gasteiger partial charge in [-0.15, -0.1) is 0 Å². The minimum Gasteiger partial charge on any atom is -0.370 e. The Hall–Kier alpha value is -0.380. The number of anilines is 1. The molecular formula is C17H25ClN2S. The highest BCUT2D eigenvalue weighted by Crippen LogP contribution is 2.34. The van der Waals surface area contributed by atoms with E-state index in [1.807, 2.05) is 6.07 Å². The lowest BCUT2D eigenvalue weighted by Crippen LogP contribution is -2.29. The zero-order chi connectivity index (χ0) is 14.9. The Kier molecular flexibility index (Phi) is 4.72. The van der Waals surface area contributed by atoms with Crippen LogP contribution in [0.2, 0.25) is 5.02 Å². The van der Waals surface area contributed by atoms with Crippen LogP contribution in [0, 0.1) is 0 Å². The molecule has 0 atom stereocenters. The van der Waals surface area contributed by atoms with E-state index in [0.717, 1.165) is 30.7 Å². The SMILES string of the molecule is CC1(C)CCN(c2ccc(Cl)cc2CNC2CC2)CCS1. The summed E-state index contributed by atoms with van der Waals surface area (Å²) in [6.45, 7) is 7.93. The predicted molar refractivity (Wildman–Crippen MR) is 94.7 cm³/mol.